The van der Waals surface area contributed by atoms with Crippen LogP contribution < -0.4 is 5.32 Å². The zero-order chi connectivity index (χ0) is 10.3. The minimum Gasteiger partial charge on any atom is -0.313 e. The molecule has 1 aliphatic carbocycles. The molecule has 0 aromatic rings. The van der Waals surface area contributed by atoms with Gasteiger partial charge < -0.3 is 4.90 Å². The number of nitrogens with zero attached hydrogens (tertiary/aromatic N) is 1. The smallest absolute Gasteiger partial charge is 0.313 e. The minimum atomic E-state index is -0.604. The van der Waals surface area contributed by atoms with E-state index in [2.05, 4.69) is 5.32 Å². The van der Waals surface area contributed by atoms with Crippen LogP contribution >= 0.6 is 0 Å². The largest absolute Gasteiger partial charge is 0.324 e. The summed E-state index contributed by atoms with van der Waals surface area (Å²) in [7, 11) is 1.71. The Bertz CT molecular complexity index is 284. The summed E-state index contributed by atoms with van der Waals surface area (Å²) in [5.41, 5.74) is -0.604. The monoisotopic (exact) mass is 196 g/mol. The van der Waals surface area contributed by atoms with Crippen molar-refractivity contribution >= 4 is 11.9 Å². The number of hydrogen-bond acceptors (Lipinski definition) is 2. The van der Waals surface area contributed by atoms with Crippen molar-refractivity contribution in [2.75, 3.05) is 7.05 Å². The molecule has 2 rings (SSSR count). The number of likely N-dealkylation sites (N-methyl/N-ethyl adjacent to an activating group) is 1. The Morgan fingerprint density at radius 2 is 1.93 bits per heavy atom. The summed E-state index contributed by atoms with van der Waals surface area (Å²) < 4.78 is 0. The van der Waals surface area contributed by atoms with Crippen molar-refractivity contribution < 1.29 is 9.59 Å². The number of urea groups is 1. The first-order valence-electron chi connectivity index (χ1n) is 5.16. The molecule has 2 fully saturated rings. The summed E-state index contributed by atoms with van der Waals surface area (Å²) in [5.74, 6) is 0.204. The van der Waals surface area contributed by atoms with Crippen molar-refractivity contribution in [3.05, 3.63) is 0 Å². The van der Waals surface area contributed by atoms with E-state index in [9.17, 15) is 9.59 Å². The lowest BCUT2D eigenvalue weighted by Gasteiger charge is -2.34. The predicted octanol–water partition coefficient (Wildman–Crippen LogP) is 1.12. The van der Waals surface area contributed by atoms with Gasteiger partial charge in [-0.15, -0.1) is 0 Å². The molecule has 4 nitrogen and oxygen atoms in total. The van der Waals surface area contributed by atoms with E-state index in [1.54, 1.807) is 11.9 Å². The molecule has 2 aliphatic rings. The summed E-state index contributed by atoms with van der Waals surface area (Å²) in [6.07, 6.45) is 4.47. The fraction of sp³-hybridized carbons (Fsp3) is 0.800. The molecule has 14 heavy (non-hydrogen) atoms. The van der Waals surface area contributed by atoms with Crippen molar-refractivity contribution in [2.24, 2.45) is 5.92 Å². The fourth-order valence-corrected chi connectivity index (χ4v) is 2.62. The van der Waals surface area contributed by atoms with Crippen LogP contribution in [0.4, 0.5) is 4.79 Å². The van der Waals surface area contributed by atoms with Gasteiger partial charge in [-0.2, -0.15) is 0 Å². The highest BCUT2D eigenvalue weighted by molar-refractivity contribution is 6.06. The van der Waals surface area contributed by atoms with Crippen LogP contribution in [0.2, 0.25) is 0 Å². The lowest BCUT2D eigenvalue weighted by atomic mass is 9.83. The SMILES string of the molecule is CN1C(=O)NC(=O)C1(C)C1CCCC1. The minimum absolute atomic E-state index is 0.128. The third-order valence-corrected chi connectivity index (χ3v) is 3.83. The molecule has 3 amide bonds. The zero-order valence-corrected chi connectivity index (χ0v) is 8.67. The molecule has 1 atom stereocenters. The number of imide groups is 1. The van der Waals surface area contributed by atoms with Gasteiger partial charge in [-0.25, -0.2) is 4.79 Å². The Hall–Kier alpha value is -1.06. The van der Waals surface area contributed by atoms with Crippen LogP contribution in [0.25, 0.3) is 0 Å². The molecule has 0 bridgehead atoms. The summed E-state index contributed by atoms with van der Waals surface area (Å²) in [4.78, 5) is 24.6. The highest BCUT2D eigenvalue weighted by Crippen LogP contribution is 2.39. The molecule has 4 heteroatoms. The second kappa shape index (κ2) is 2.97. The molecule has 1 heterocycles. The molecular formula is C10H16N2O2. The van der Waals surface area contributed by atoms with E-state index >= 15 is 0 Å². The van der Waals surface area contributed by atoms with Gasteiger partial charge in [0.15, 0.2) is 0 Å². The van der Waals surface area contributed by atoms with E-state index in [1.807, 2.05) is 6.92 Å². The molecule has 0 aromatic heterocycles. The normalized spacial score (nSPS) is 34.0. The number of carbonyl (C=O) groups is 2. The molecule has 1 unspecified atom stereocenters. The van der Waals surface area contributed by atoms with E-state index in [0.717, 1.165) is 12.8 Å². The Kier molecular flexibility index (Phi) is 2.01. The maximum atomic E-state index is 11.7. The number of nitrogens with one attached hydrogen (secondary N) is 1. The van der Waals surface area contributed by atoms with E-state index in [4.69, 9.17) is 0 Å². The Morgan fingerprint density at radius 1 is 1.36 bits per heavy atom. The first-order chi connectivity index (χ1) is 6.56. The van der Waals surface area contributed by atoms with Crippen LogP contribution in [0.1, 0.15) is 32.6 Å². The van der Waals surface area contributed by atoms with Gasteiger partial charge in [-0.1, -0.05) is 12.8 Å². The Labute approximate surface area is 83.6 Å². The molecule has 1 aliphatic heterocycles. The van der Waals surface area contributed by atoms with Gasteiger partial charge in [0.1, 0.15) is 5.54 Å². The van der Waals surface area contributed by atoms with Crippen molar-refractivity contribution in [3.8, 4) is 0 Å². The fourth-order valence-electron chi connectivity index (χ4n) is 2.62. The lowest BCUT2D eigenvalue weighted by molar-refractivity contribution is -0.127. The van der Waals surface area contributed by atoms with Crippen molar-refractivity contribution in [1.29, 1.82) is 0 Å². The van der Waals surface area contributed by atoms with Gasteiger partial charge in [0.2, 0.25) is 0 Å². The van der Waals surface area contributed by atoms with Gasteiger partial charge in [-0.3, -0.25) is 10.1 Å². The first-order valence-corrected chi connectivity index (χ1v) is 5.16. The van der Waals surface area contributed by atoms with Crippen LogP contribution in [-0.4, -0.2) is 29.4 Å². The molecular weight excluding hydrogens is 180 g/mol. The summed E-state index contributed by atoms with van der Waals surface area (Å²) in [6.45, 7) is 1.88. The number of carbonyl (C=O) groups excluding carboxylic acids is 2. The summed E-state index contributed by atoms with van der Waals surface area (Å²) >= 11 is 0. The summed E-state index contributed by atoms with van der Waals surface area (Å²) in [6, 6.07) is -0.260. The van der Waals surface area contributed by atoms with Gasteiger partial charge in [0, 0.05) is 7.05 Å². The number of hydrogen-bond donors (Lipinski definition) is 1. The topological polar surface area (TPSA) is 49.4 Å². The predicted molar refractivity (Wildman–Crippen MR) is 51.7 cm³/mol. The second-order valence-electron chi connectivity index (χ2n) is 4.45. The Morgan fingerprint density at radius 3 is 2.36 bits per heavy atom. The van der Waals surface area contributed by atoms with Gasteiger partial charge >= 0.3 is 6.03 Å². The van der Waals surface area contributed by atoms with Gasteiger partial charge in [0.05, 0.1) is 0 Å². The second-order valence-corrected chi connectivity index (χ2v) is 4.45. The Balaban J connectivity index is 2.28. The maximum absolute atomic E-state index is 11.7. The average molecular weight is 196 g/mol. The summed E-state index contributed by atoms with van der Waals surface area (Å²) in [5, 5.41) is 2.38. The number of amides is 3. The van der Waals surface area contributed by atoms with Crippen molar-refractivity contribution in [2.45, 2.75) is 38.1 Å². The maximum Gasteiger partial charge on any atom is 0.324 e. The highest BCUT2D eigenvalue weighted by Gasteiger charge is 2.52. The molecule has 0 radical (unpaired) electrons. The van der Waals surface area contributed by atoms with Gasteiger partial charge in [-0.05, 0) is 25.7 Å². The van der Waals surface area contributed by atoms with Crippen LogP contribution in [0.15, 0.2) is 0 Å². The average Bonchev–Trinajstić information content (AvgIpc) is 2.72. The van der Waals surface area contributed by atoms with E-state index in [-0.39, 0.29) is 11.9 Å². The van der Waals surface area contributed by atoms with Crippen LogP contribution in [0.5, 0.6) is 0 Å². The third kappa shape index (κ3) is 1.06. The van der Waals surface area contributed by atoms with Gasteiger partial charge in [0.25, 0.3) is 5.91 Å². The van der Waals surface area contributed by atoms with Crippen LogP contribution in [0.3, 0.4) is 0 Å². The highest BCUT2D eigenvalue weighted by atomic mass is 16.2. The third-order valence-electron chi connectivity index (χ3n) is 3.83. The molecule has 1 saturated carbocycles. The van der Waals surface area contributed by atoms with Crippen LogP contribution in [-0.2, 0) is 4.79 Å². The lowest BCUT2D eigenvalue weighted by Crippen LogP contribution is -2.50. The van der Waals surface area contributed by atoms with Crippen molar-refractivity contribution in [3.63, 3.8) is 0 Å². The molecule has 0 spiro atoms. The van der Waals surface area contributed by atoms with Crippen molar-refractivity contribution in [1.82, 2.24) is 10.2 Å². The van der Waals surface area contributed by atoms with E-state index in [1.165, 1.54) is 12.8 Å². The quantitative estimate of drug-likeness (QED) is 0.639. The molecule has 1 N–H and O–H groups in total. The first kappa shape index (κ1) is 9.49. The van der Waals surface area contributed by atoms with Crippen LogP contribution in [0, 0.1) is 5.92 Å². The number of rotatable bonds is 1. The van der Waals surface area contributed by atoms with E-state index in [0.29, 0.717) is 5.92 Å². The standard InChI is InChI=1S/C10H16N2O2/c1-10(7-5-3-4-6-7)8(13)11-9(14)12(10)2/h7H,3-6H2,1-2H3,(H,11,13,14). The molecule has 78 valence electrons. The zero-order valence-electron chi connectivity index (χ0n) is 8.67. The molecule has 1 saturated heterocycles. The van der Waals surface area contributed by atoms with E-state index < -0.39 is 5.54 Å². The molecule has 0 aromatic carbocycles.